The van der Waals surface area contributed by atoms with Crippen molar-refractivity contribution in [2.45, 2.75) is 6.92 Å². The van der Waals surface area contributed by atoms with Crippen molar-refractivity contribution in [1.82, 2.24) is 0 Å². The largest absolute Gasteiger partial charge is 0.478 e. The summed E-state index contributed by atoms with van der Waals surface area (Å²) in [7, 11) is 0. The van der Waals surface area contributed by atoms with Gasteiger partial charge in [0.05, 0.1) is 0 Å². The van der Waals surface area contributed by atoms with E-state index in [4.69, 9.17) is 5.11 Å². The van der Waals surface area contributed by atoms with Crippen LogP contribution in [0.2, 0.25) is 0 Å². The Balaban J connectivity index is 2.08. The minimum absolute atomic E-state index is 0.923. The van der Waals surface area contributed by atoms with E-state index in [1.165, 1.54) is 22.4 Å². The van der Waals surface area contributed by atoms with Gasteiger partial charge in [-0.3, -0.25) is 0 Å². The quantitative estimate of drug-likeness (QED) is 0.695. The minimum Gasteiger partial charge on any atom is -0.478 e. The number of carboxylic acid groups (broad SMARTS) is 1. The Morgan fingerprint density at radius 3 is 2.55 bits per heavy atom. The van der Waals surface area contributed by atoms with Gasteiger partial charge in [0.25, 0.3) is 0 Å². The Labute approximate surface area is 129 Å². The minimum atomic E-state index is -0.933. The molecule has 2 heteroatoms. The van der Waals surface area contributed by atoms with Crippen LogP contribution in [0.4, 0.5) is 0 Å². The average molecular weight is 288 g/mol. The van der Waals surface area contributed by atoms with Crippen molar-refractivity contribution in [2.75, 3.05) is 0 Å². The highest BCUT2D eigenvalue weighted by Crippen LogP contribution is 2.30. The molecule has 0 amide bonds. The van der Waals surface area contributed by atoms with Gasteiger partial charge in [-0.15, -0.1) is 0 Å². The second kappa shape index (κ2) is 5.86. The molecular weight excluding hydrogens is 272 g/mol. The van der Waals surface area contributed by atoms with Gasteiger partial charge in [-0.1, -0.05) is 60.7 Å². The smallest absolute Gasteiger partial charge is 0.328 e. The lowest BCUT2D eigenvalue weighted by Crippen LogP contribution is -1.88. The fourth-order valence-corrected chi connectivity index (χ4v) is 2.67. The molecule has 0 aliphatic carbocycles. The molecule has 0 spiro atoms. The van der Waals surface area contributed by atoms with Gasteiger partial charge in [0, 0.05) is 6.08 Å². The Kier molecular flexibility index (Phi) is 3.75. The van der Waals surface area contributed by atoms with Gasteiger partial charge in [-0.2, -0.15) is 0 Å². The summed E-state index contributed by atoms with van der Waals surface area (Å²) in [5.41, 5.74) is 4.31. The summed E-state index contributed by atoms with van der Waals surface area (Å²) >= 11 is 0. The first-order valence-electron chi connectivity index (χ1n) is 7.15. The molecule has 1 N–H and O–H groups in total. The number of benzene rings is 3. The first-order chi connectivity index (χ1) is 10.6. The van der Waals surface area contributed by atoms with Crippen LogP contribution in [0.15, 0.2) is 66.7 Å². The first-order valence-corrected chi connectivity index (χ1v) is 7.15. The summed E-state index contributed by atoms with van der Waals surface area (Å²) in [5.74, 6) is -0.933. The Bertz CT molecular complexity index is 871. The summed E-state index contributed by atoms with van der Waals surface area (Å²) in [6, 6.07) is 20.7. The number of hydrogen-bond donors (Lipinski definition) is 1. The van der Waals surface area contributed by atoms with Crippen molar-refractivity contribution in [3.05, 3.63) is 77.9 Å². The molecule has 0 bridgehead atoms. The molecule has 3 aromatic rings. The normalized spacial score (nSPS) is 11.1. The number of aliphatic carboxylic acids is 1. The van der Waals surface area contributed by atoms with E-state index in [0.29, 0.717) is 0 Å². The van der Waals surface area contributed by atoms with Gasteiger partial charge in [0.15, 0.2) is 0 Å². The molecule has 3 rings (SSSR count). The van der Waals surface area contributed by atoms with E-state index in [0.717, 1.165) is 16.7 Å². The van der Waals surface area contributed by atoms with Crippen molar-refractivity contribution in [3.63, 3.8) is 0 Å². The zero-order chi connectivity index (χ0) is 15.5. The molecule has 0 unspecified atom stereocenters. The average Bonchev–Trinajstić information content (AvgIpc) is 2.53. The second-order valence-corrected chi connectivity index (χ2v) is 5.27. The second-order valence-electron chi connectivity index (χ2n) is 5.27. The van der Waals surface area contributed by atoms with Crippen molar-refractivity contribution in [2.24, 2.45) is 0 Å². The number of rotatable bonds is 3. The van der Waals surface area contributed by atoms with Gasteiger partial charge in [0.2, 0.25) is 0 Å². The van der Waals surface area contributed by atoms with Crippen molar-refractivity contribution < 1.29 is 9.90 Å². The van der Waals surface area contributed by atoms with Gasteiger partial charge in [0.1, 0.15) is 0 Å². The Morgan fingerprint density at radius 2 is 1.77 bits per heavy atom. The van der Waals surface area contributed by atoms with E-state index in [9.17, 15) is 4.79 Å². The number of aryl methyl sites for hydroxylation is 1. The topological polar surface area (TPSA) is 37.3 Å². The van der Waals surface area contributed by atoms with E-state index in [1.54, 1.807) is 6.08 Å². The molecule has 0 aliphatic rings. The van der Waals surface area contributed by atoms with E-state index in [2.05, 4.69) is 36.4 Å². The van der Waals surface area contributed by atoms with Crippen LogP contribution in [0.25, 0.3) is 28.0 Å². The lowest BCUT2D eigenvalue weighted by molar-refractivity contribution is -0.131. The third-order valence-corrected chi connectivity index (χ3v) is 3.78. The van der Waals surface area contributed by atoms with Gasteiger partial charge >= 0.3 is 5.97 Å². The maximum absolute atomic E-state index is 10.6. The van der Waals surface area contributed by atoms with Crippen LogP contribution < -0.4 is 0 Å². The highest BCUT2D eigenvalue weighted by molar-refractivity contribution is 5.97. The van der Waals surface area contributed by atoms with E-state index in [-0.39, 0.29) is 0 Å². The van der Waals surface area contributed by atoms with Crippen LogP contribution in [0.5, 0.6) is 0 Å². The maximum atomic E-state index is 10.6. The molecule has 0 saturated heterocycles. The van der Waals surface area contributed by atoms with Crippen molar-refractivity contribution in [1.29, 1.82) is 0 Å². The zero-order valence-corrected chi connectivity index (χ0v) is 12.3. The Morgan fingerprint density at radius 1 is 1.00 bits per heavy atom. The van der Waals surface area contributed by atoms with Gasteiger partial charge < -0.3 is 5.11 Å². The molecule has 108 valence electrons. The van der Waals surface area contributed by atoms with E-state index >= 15 is 0 Å². The molecule has 0 aromatic heterocycles. The predicted octanol–water partition coefficient (Wildman–Crippen LogP) is 4.91. The van der Waals surface area contributed by atoms with E-state index < -0.39 is 5.97 Å². The van der Waals surface area contributed by atoms with Gasteiger partial charge in [-0.25, -0.2) is 4.79 Å². The van der Waals surface area contributed by atoms with Crippen LogP contribution >= 0.6 is 0 Å². The zero-order valence-electron chi connectivity index (χ0n) is 12.3. The van der Waals surface area contributed by atoms with Crippen LogP contribution in [-0.2, 0) is 4.79 Å². The molecule has 22 heavy (non-hydrogen) atoms. The highest BCUT2D eigenvalue weighted by Gasteiger charge is 2.05. The van der Waals surface area contributed by atoms with Crippen LogP contribution in [0.1, 0.15) is 11.1 Å². The first kappa shape index (κ1) is 14.1. The fourth-order valence-electron chi connectivity index (χ4n) is 2.67. The fraction of sp³-hybridized carbons (Fsp3) is 0.0500. The molecule has 0 aliphatic heterocycles. The standard InChI is InChI=1S/C20H16O2/c1-14-13-17(10-9-15(14)11-12-20(21)22)19-8-4-6-16-5-2-3-7-18(16)19/h2-13H,1H3,(H,21,22). The summed E-state index contributed by atoms with van der Waals surface area (Å²) in [6.45, 7) is 2.00. The number of hydrogen-bond acceptors (Lipinski definition) is 1. The number of carbonyl (C=O) groups is 1. The van der Waals surface area contributed by atoms with E-state index in [1.807, 2.05) is 31.2 Å². The summed E-state index contributed by atoms with van der Waals surface area (Å²) in [5, 5.41) is 11.2. The highest BCUT2D eigenvalue weighted by atomic mass is 16.4. The molecule has 3 aromatic carbocycles. The molecule has 2 nitrogen and oxygen atoms in total. The maximum Gasteiger partial charge on any atom is 0.328 e. The van der Waals surface area contributed by atoms with Crippen LogP contribution in [0.3, 0.4) is 0 Å². The third kappa shape index (κ3) is 2.77. The van der Waals surface area contributed by atoms with Crippen molar-refractivity contribution >= 4 is 22.8 Å². The summed E-state index contributed by atoms with van der Waals surface area (Å²) in [6.07, 6.45) is 2.80. The summed E-state index contributed by atoms with van der Waals surface area (Å²) < 4.78 is 0. The molecule has 0 fully saturated rings. The van der Waals surface area contributed by atoms with Crippen molar-refractivity contribution in [3.8, 4) is 11.1 Å². The predicted molar refractivity (Wildman–Crippen MR) is 90.8 cm³/mol. The molecule has 0 saturated carbocycles. The lowest BCUT2D eigenvalue weighted by Gasteiger charge is -2.09. The third-order valence-electron chi connectivity index (χ3n) is 3.78. The SMILES string of the molecule is Cc1cc(-c2cccc3ccccc23)ccc1C=CC(=O)O. The monoisotopic (exact) mass is 288 g/mol. The van der Waals surface area contributed by atoms with Crippen LogP contribution in [-0.4, -0.2) is 11.1 Å². The van der Waals surface area contributed by atoms with Gasteiger partial charge in [-0.05, 0) is 46.0 Å². The number of carboxylic acids is 1. The molecular formula is C20H16O2. The number of fused-ring (bicyclic) bond motifs is 1. The summed E-state index contributed by atoms with van der Waals surface area (Å²) in [4.78, 5) is 10.6. The van der Waals surface area contributed by atoms with Crippen LogP contribution in [0, 0.1) is 6.92 Å². The Hall–Kier alpha value is -2.87. The molecule has 0 atom stereocenters. The lowest BCUT2D eigenvalue weighted by atomic mass is 9.95. The molecule has 0 heterocycles. The molecule has 0 radical (unpaired) electrons.